The van der Waals surface area contributed by atoms with Crippen LogP contribution in [0.3, 0.4) is 0 Å². The second-order valence-corrected chi connectivity index (χ2v) is 3.73. The van der Waals surface area contributed by atoms with Gasteiger partial charge in [-0.2, -0.15) is 5.10 Å². The first-order valence-electron chi connectivity index (χ1n) is 3.69. The van der Waals surface area contributed by atoms with Crippen molar-refractivity contribution in [2.24, 2.45) is 5.41 Å². The topological polar surface area (TPSA) is 38.0 Å². The molecule has 0 saturated carbocycles. The average Bonchev–Trinajstić information content (AvgIpc) is 2.34. The third-order valence-corrected chi connectivity index (χ3v) is 1.55. The van der Waals surface area contributed by atoms with Crippen LogP contribution in [-0.2, 0) is 0 Å². The van der Waals surface area contributed by atoms with Gasteiger partial charge in [-0.15, -0.1) is 0 Å². The van der Waals surface area contributed by atoms with Gasteiger partial charge in [0.05, 0.1) is 0 Å². The maximum absolute atomic E-state index is 9.65. The highest BCUT2D eigenvalue weighted by Crippen LogP contribution is 2.26. The second kappa shape index (κ2) is 2.66. The van der Waals surface area contributed by atoms with E-state index in [9.17, 15) is 5.11 Å². The Morgan fingerprint density at radius 2 is 2.09 bits per heavy atom. The SMILES string of the molecule is CC(C)(C)C(O)n1cccn1. The summed E-state index contributed by atoms with van der Waals surface area (Å²) in [7, 11) is 0. The summed E-state index contributed by atoms with van der Waals surface area (Å²) in [5.74, 6) is 0. The Labute approximate surface area is 66.7 Å². The van der Waals surface area contributed by atoms with E-state index in [1.807, 2.05) is 20.8 Å². The molecule has 0 aliphatic rings. The van der Waals surface area contributed by atoms with Gasteiger partial charge in [0.1, 0.15) is 0 Å². The van der Waals surface area contributed by atoms with Crippen LogP contribution in [0.2, 0.25) is 0 Å². The van der Waals surface area contributed by atoms with Crippen molar-refractivity contribution in [2.45, 2.75) is 27.0 Å². The molecule has 1 aromatic heterocycles. The first-order chi connectivity index (χ1) is 5.02. The molecule has 0 aromatic carbocycles. The smallest absolute Gasteiger partial charge is 0.151 e. The van der Waals surface area contributed by atoms with Crippen LogP contribution in [-0.4, -0.2) is 14.9 Å². The highest BCUT2D eigenvalue weighted by molar-refractivity contribution is 4.82. The molecular weight excluding hydrogens is 140 g/mol. The molecule has 0 saturated heterocycles. The summed E-state index contributed by atoms with van der Waals surface area (Å²) in [4.78, 5) is 0. The first kappa shape index (κ1) is 8.27. The van der Waals surface area contributed by atoms with Crippen molar-refractivity contribution in [3.8, 4) is 0 Å². The van der Waals surface area contributed by atoms with Crippen LogP contribution >= 0.6 is 0 Å². The maximum Gasteiger partial charge on any atom is 0.151 e. The molecule has 3 heteroatoms. The monoisotopic (exact) mass is 154 g/mol. The lowest BCUT2D eigenvalue weighted by molar-refractivity contribution is -0.0101. The Kier molecular flexibility index (Phi) is 2.00. The summed E-state index contributed by atoms with van der Waals surface area (Å²) in [6.45, 7) is 5.91. The molecule has 1 aromatic rings. The van der Waals surface area contributed by atoms with Gasteiger partial charge in [-0.3, -0.25) is 0 Å². The van der Waals surface area contributed by atoms with Gasteiger partial charge in [-0.05, 0) is 6.07 Å². The number of aliphatic hydroxyl groups is 1. The lowest BCUT2D eigenvalue weighted by Gasteiger charge is -2.25. The number of hydrogen-bond acceptors (Lipinski definition) is 2. The van der Waals surface area contributed by atoms with Crippen molar-refractivity contribution in [2.75, 3.05) is 0 Å². The molecule has 0 aliphatic heterocycles. The molecule has 3 nitrogen and oxygen atoms in total. The van der Waals surface area contributed by atoms with E-state index in [4.69, 9.17) is 0 Å². The normalized spacial score (nSPS) is 14.9. The average molecular weight is 154 g/mol. The first-order valence-corrected chi connectivity index (χ1v) is 3.69. The van der Waals surface area contributed by atoms with Crippen LogP contribution in [0.25, 0.3) is 0 Å². The van der Waals surface area contributed by atoms with Gasteiger partial charge >= 0.3 is 0 Å². The van der Waals surface area contributed by atoms with Crippen molar-refractivity contribution in [1.29, 1.82) is 0 Å². The summed E-state index contributed by atoms with van der Waals surface area (Å²) in [5, 5.41) is 13.6. The van der Waals surface area contributed by atoms with Gasteiger partial charge in [-0.25, -0.2) is 4.68 Å². The Morgan fingerprint density at radius 1 is 1.45 bits per heavy atom. The molecule has 1 atom stereocenters. The minimum atomic E-state index is -0.544. The molecule has 1 heterocycles. The van der Waals surface area contributed by atoms with E-state index in [2.05, 4.69) is 5.10 Å². The molecule has 1 unspecified atom stereocenters. The minimum absolute atomic E-state index is 0.161. The number of aliphatic hydroxyl groups excluding tert-OH is 1. The van der Waals surface area contributed by atoms with Crippen LogP contribution < -0.4 is 0 Å². The van der Waals surface area contributed by atoms with Crippen LogP contribution in [0.15, 0.2) is 18.5 Å². The number of rotatable bonds is 1. The van der Waals surface area contributed by atoms with Crippen molar-refractivity contribution in [1.82, 2.24) is 9.78 Å². The molecule has 1 rings (SSSR count). The largest absolute Gasteiger partial charge is 0.371 e. The van der Waals surface area contributed by atoms with Crippen molar-refractivity contribution >= 4 is 0 Å². The quantitative estimate of drug-likeness (QED) is 0.664. The second-order valence-electron chi connectivity index (χ2n) is 3.73. The summed E-state index contributed by atoms with van der Waals surface area (Å²) in [6.07, 6.45) is 2.88. The molecule has 0 amide bonds. The van der Waals surface area contributed by atoms with E-state index in [1.54, 1.807) is 23.1 Å². The van der Waals surface area contributed by atoms with Gasteiger partial charge in [0.15, 0.2) is 6.23 Å². The van der Waals surface area contributed by atoms with E-state index in [0.717, 1.165) is 0 Å². The van der Waals surface area contributed by atoms with Gasteiger partial charge in [0.25, 0.3) is 0 Å². The zero-order valence-electron chi connectivity index (χ0n) is 7.15. The predicted octanol–water partition coefficient (Wildman–Crippen LogP) is 1.42. The van der Waals surface area contributed by atoms with Gasteiger partial charge in [0.2, 0.25) is 0 Å². The molecule has 0 fully saturated rings. The molecule has 0 radical (unpaired) electrons. The van der Waals surface area contributed by atoms with E-state index in [1.165, 1.54) is 0 Å². The summed E-state index contributed by atoms with van der Waals surface area (Å²) >= 11 is 0. The Hall–Kier alpha value is -0.830. The fourth-order valence-corrected chi connectivity index (χ4v) is 0.822. The Morgan fingerprint density at radius 3 is 2.45 bits per heavy atom. The molecule has 0 bridgehead atoms. The molecule has 62 valence electrons. The van der Waals surface area contributed by atoms with Crippen molar-refractivity contribution < 1.29 is 5.11 Å². The summed E-state index contributed by atoms with van der Waals surface area (Å²) in [6, 6.07) is 1.80. The Bertz CT molecular complexity index is 210. The molecular formula is C8H14N2O. The maximum atomic E-state index is 9.65. The summed E-state index contributed by atoms with van der Waals surface area (Å²) < 4.78 is 1.56. The summed E-state index contributed by atoms with van der Waals surface area (Å²) in [5.41, 5.74) is -0.161. The lowest BCUT2D eigenvalue weighted by Crippen LogP contribution is -2.24. The zero-order chi connectivity index (χ0) is 8.48. The molecule has 1 N–H and O–H groups in total. The third kappa shape index (κ3) is 1.80. The standard InChI is InChI=1S/C8H14N2O/c1-8(2,3)7(11)10-6-4-5-9-10/h4-7,11H,1-3H3. The predicted molar refractivity (Wildman–Crippen MR) is 42.9 cm³/mol. The van der Waals surface area contributed by atoms with E-state index in [0.29, 0.717) is 0 Å². The number of aromatic nitrogens is 2. The number of nitrogens with zero attached hydrogens (tertiary/aromatic N) is 2. The van der Waals surface area contributed by atoms with Gasteiger partial charge in [0, 0.05) is 17.8 Å². The lowest BCUT2D eigenvalue weighted by atomic mass is 9.94. The van der Waals surface area contributed by atoms with Crippen molar-refractivity contribution in [3.05, 3.63) is 18.5 Å². The van der Waals surface area contributed by atoms with Gasteiger partial charge in [-0.1, -0.05) is 20.8 Å². The third-order valence-electron chi connectivity index (χ3n) is 1.55. The van der Waals surface area contributed by atoms with E-state index >= 15 is 0 Å². The van der Waals surface area contributed by atoms with Crippen LogP contribution in [0.1, 0.15) is 27.0 Å². The fraction of sp³-hybridized carbons (Fsp3) is 0.625. The zero-order valence-corrected chi connectivity index (χ0v) is 7.15. The minimum Gasteiger partial charge on any atom is -0.371 e. The van der Waals surface area contributed by atoms with Crippen molar-refractivity contribution in [3.63, 3.8) is 0 Å². The Balaban J connectivity index is 2.78. The fourth-order valence-electron chi connectivity index (χ4n) is 0.822. The molecule has 0 spiro atoms. The van der Waals surface area contributed by atoms with Crippen LogP contribution in [0.5, 0.6) is 0 Å². The highest BCUT2D eigenvalue weighted by Gasteiger charge is 2.23. The number of hydrogen-bond donors (Lipinski definition) is 1. The highest BCUT2D eigenvalue weighted by atomic mass is 16.3. The van der Waals surface area contributed by atoms with Crippen LogP contribution in [0.4, 0.5) is 0 Å². The molecule has 11 heavy (non-hydrogen) atoms. The van der Waals surface area contributed by atoms with E-state index < -0.39 is 6.23 Å². The van der Waals surface area contributed by atoms with Gasteiger partial charge < -0.3 is 5.11 Å². The van der Waals surface area contributed by atoms with Crippen LogP contribution in [0, 0.1) is 5.41 Å². The van der Waals surface area contributed by atoms with E-state index in [-0.39, 0.29) is 5.41 Å². The molecule has 0 aliphatic carbocycles.